The van der Waals surface area contributed by atoms with Gasteiger partial charge in [-0.3, -0.25) is 0 Å². The molecule has 0 aliphatic carbocycles. The number of nitrogen functional groups attached to an aromatic ring is 1. The third kappa shape index (κ3) is 2.87. The van der Waals surface area contributed by atoms with E-state index in [2.05, 4.69) is 5.32 Å². The van der Waals surface area contributed by atoms with Gasteiger partial charge >= 0.3 is 0 Å². The molecule has 0 saturated carbocycles. The molecule has 1 aromatic rings. The Morgan fingerprint density at radius 3 is 2.86 bits per heavy atom. The van der Waals surface area contributed by atoms with Gasteiger partial charge in [0.1, 0.15) is 0 Å². The zero-order valence-corrected chi connectivity index (χ0v) is 8.88. The summed E-state index contributed by atoms with van der Waals surface area (Å²) in [5, 5.41) is 13.3. The van der Waals surface area contributed by atoms with Crippen molar-refractivity contribution >= 4 is 17.3 Å². The number of benzene rings is 1. The lowest BCUT2D eigenvalue weighted by atomic mass is 10.0. The minimum Gasteiger partial charge on any atom is -0.398 e. The molecule has 0 fully saturated rings. The van der Waals surface area contributed by atoms with Gasteiger partial charge in [-0.05, 0) is 32.1 Å². The lowest BCUT2D eigenvalue weighted by Crippen LogP contribution is -2.12. The van der Waals surface area contributed by atoms with E-state index in [1.54, 1.807) is 18.2 Å². The molecular weight excluding hydrogens is 200 g/mol. The van der Waals surface area contributed by atoms with E-state index in [1.807, 2.05) is 7.05 Å². The quantitative estimate of drug-likeness (QED) is 0.667. The van der Waals surface area contributed by atoms with Crippen LogP contribution < -0.4 is 11.1 Å². The largest absolute Gasteiger partial charge is 0.398 e. The summed E-state index contributed by atoms with van der Waals surface area (Å²) in [5.41, 5.74) is 7.01. The molecule has 1 aromatic carbocycles. The smallest absolute Gasteiger partial charge is 0.0822 e. The van der Waals surface area contributed by atoms with Gasteiger partial charge in [-0.2, -0.15) is 0 Å². The Morgan fingerprint density at radius 2 is 2.29 bits per heavy atom. The van der Waals surface area contributed by atoms with Crippen LogP contribution in [-0.2, 0) is 0 Å². The zero-order chi connectivity index (χ0) is 10.6. The number of rotatable bonds is 4. The van der Waals surface area contributed by atoms with E-state index in [9.17, 15) is 5.11 Å². The van der Waals surface area contributed by atoms with E-state index < -0.39 is 6.10 Å². The number of nitrogens with two attached hydrogens (primary N) is 1. The topological polar surface area (TPSA) is 58.3 Å². The highest BCUT2D eigenvalue weighted by Crippen LogP contribution is 2.25. The second-order valence-electron chi connectivity index (χ2n) is 3.18. The highest BCUT2D eigenvalue weighted by atomic mass is 35.5. The molecule has 1 atom stereocenters. The van der Waals surface area contributed by atoms with Crippen LogP contribution in [0.3, 0.4) is 0 Å². The minimum atomic E-state index is -0.528. The maximum atomic E-state index is 9.76. The Balaban J connectivity index is 2.74. The Labute approximate surface area is 88.9 Å². The van der Waals surface area contributed by atoms with E-state index in [0.29, 0.717) is 17.1 Å². The van der Waals surface area contributed by atoms with Crippen LogP contribution in [0.1, 0.15) is 18.1 Å². The molecule has 14 heavy (non-hydrogen) atoms. The van der Waals surface area contributed by atoms with Crippen LogP contribution in [-0.4, -0.2) is 18.7 Å². The Hall–Kier alpha value is -0.770. The van der Waals surface area contributed by atoms with Crippen molar-refractivity contribution in [2.24, 2.45) is 0 Å². The fourth-order valence-corrected chi connectivity index (χ4v) is 1.47. The first kappa shape index (κ1) is 11.3. The first-order chi connectivity index (χ1) is 6.65. The van der Waals surface area contributed by atoms with Crippen molar-refractivity contribution in [3.8, 4) is 0 Å². The fraction of sp³-hybridized carbons (Fsp3) is 0.400. The summed E-state index contributed by atoms with van der Waals surface area (Å²) in [6.45, 7) is 0.753. The third-order valence-electron chi connectivity index (χ3n) is 2.08. The van der Waals surface area contributed by atoms with Crippen LogP contribution in [0.25, 0.3) is 0 Å². The highest BCUT2D eigenvalue weighted by Gasteiger charge is 2.10. The van der Waals surface area contributed by atoms with Gasteiger partial charge in [0.25, 0.3) is 0 Å². The summed E-state index contributed by atoms with van der Waals surface area (Å²) >= 11 is 5.75. The molecular formula is C10H15ClN2O. The first-order valence-corrected chi connectivity index (χ1v) is 4.90. The minimum absolute atomic E-state index is 0.528. The van der Waals surface area contributed by atoms with Gasteiger partial charge in [-0.25, -0.2) is 0 Å². The van der Waals surface area contributed by atoms with Gasteiger partial charge in [-0.1, -0.05) is 17.7 Å². The van der Waals surface area contributed by atoms with Gasteiger partial charge in [0, 0.05) is 16.3 Å². The molecule has 4 N–H and O–H groups in total. The maximum Gasteiger partial charge on any atom is 0.0822 e. The van der Waals surface area contributed by atoms with Crippen molar-refractivity contribution in [2.75, 3.05) is 19.3 Å². The number of aliphatic hydroxyl groups is 1. The average molecular weight is 215 g/mol. The molecule has 0 aliphatic heterocycles. The molecule has 0 aromatic heterocycles. The number of nitrogens with one attached hydrogen (secondary N) is 1. The average Bonchev–Trinajstić information content (AvgIpc) is 2.14. The Morgan fingerprint density at radius 1 is 1.57 bits per heavy atom. The molecule has 78 valence electrons. The molecule has 1 unspecified atom stereocenters. The van der Waals surface area contributed by atoms with E-state index in [1.165, 1.54) is 0 Å². The summed E-state index contributed by atoms with van der Waals surface area (Å²) in [4.78, 5) is 0. The summed E-state index contributed by atoms with van der Waals surface area (Å²) in [5.74, 6) is 0. The summed E-state index contributed by atoms with van der Waals surface area (Å²) in [6, 6.07) is 5.15. The molecule has 0 heterocycles. The predicted octanol–water partition coefficient (Wildman–Crippen LogP) is 1.57. The van der Waals surface area contributed by atoms with Crippen molar-refractivity contribution in [1.29, 1.82) is 0 Å². The number of hydrogen-bond acceptors (Lipinski definition) is 3. The van der Waals surface area contributed by atoms with Crippen molar-refractivity contribution in [1.82, 2.24) is 5.32 Å². The second kappa shape index (κ2) is 5.20. The van der Waals surface area contributed by atoms with Crippen molar-refractivity contribution in [3.63, 3.8) is 0 Å². The first-order valence-electron chi connectivity index (χ1n) is 4.52. The monoisotopic (exact) mass is 214 g/mol. The molecule has 0 amide bonds. The second-order valence-corrected chi connectivity index (χ2v) is 3.62. The standard InChI is InChI=1S/C10H15ClN2O/c1-13-5-4-10(14)8-3-2-7(11)6-9(8)12/h2-3,6,10,13-14H,4-5,12H2,1H3. The molecule has 0 radical (unpaired) electrons. The molecule has 0 aliphatic rings. The van der Waals surface area contributed by atoms with Crippen molar-refractivity contribution in [2.45, 2.75) is 12.5 Å². The number of halogens is 1. The van der Waals surface area contributed by atoms with Crippen LogP contribution in [0.2, 0.25) is 5.02 Å². The molecule has 1 rings (SSSR count). The molecule has 0 saturated heterocycles. The maximum absolute atomic E-state index is 9.76. The number of anilines is 1. The van der Waals surface area contributed by atoms with Gasteiger partial charge in [0.05, 0.1) is 6.10 Å². The highest BCUT2D eigenvalue weighted by molar-refractivity contribution is 6.30. The van der Waals surface area contributed by atoms with Crippen LogP contribution in [0.15, 0.2) is 18.2 Å². The summed E-state index contributed by atoms with van der Waals surface area (Å²) in [7, 11) is 1.85. The summed E-state index contributed by atoms with van der Waals surface area (Å²) < 4.78 is 0. The van der Waals surface area contributed by atoms with E-state index >= 15 is 0 Å². The van der Waals surface area contributed by atoms with Gasteiger partial charge in [0.15, 0.2) is 0 Å². The molecule has 0 bridgehead atoms. The van der Waals surface area contributed by atoms with Crippen molar-refractivity contribution < 1.29 is 5.11 Å². The zero-order valence-electron chi connectivity index (χ0n) is 8.13. The normalized spacial score (nSPS) is 12.8. The van der Waals surface area contributed by atoms with Crippen LogP contribution in [0.4, 0.5) is 5.69 Å². The predicted molar refractivity (Wildman–Crippen MR) is 59.4 cm³/mol. The van der Waals surface area contributed by atoms with E-state index in [0.717, 1.165) is 12.1 Å². The summed E-state index contributed by atoms with van der Waals surface area (Å²) in [6.07, 6.45) is 0.113. The molecule has 0 spiro atoms. The Kier molecular flexibility index (Phi) is 4.20. The van der Waals surface area contributed by atoms with Gasteiger partial charge < -0.3 is 16.2 Å². The van der Waals surface area contributed by atoms with Crippen molar-refractivity contribution in [3.05, 3.63) is 28.8 Å². The van der Waals surface area contributed by atoms with Crippen LogP contribution in [0.5, 0.6) is 0 Å². The number of hydrogen-bond donors (Lipinski definition) is 3. The Bertz CT molecular complexity index is 304. The van der Waals surface area contributed by atoms with E-state index in [-0.39, 0.29) is 0 Å². The lowest BCUT2D eigenvalue weighted by molar-refractivity contribution is 0.168. The fourth-order valence-electron chi connectivity index (χ4n) is 1.29. The van der Waals surface area contributed by atoms with Gasteiger partial charge in [-0.15, -0.1) is 0 Å². The molecule has 4 heteroatoms. The third-order valence-corrected chi connectivity index (χ3v) is 2.31. The van der Waals surface area contributed by atoms with Crippen LogP contribution >= 0.6 is 11.6 Å². The molecule has 3 nitrogen and oxygen atoms in total. The van der Waals surface area contributed by atoms with E-state index in [4.69, 9.17) is 17.3 Å². The number of aliphatic hydroxyl groups excluding tert-OH is 1. The van der Waals surface area contributed by atoms with Gasteiger partial charge in [0.2, 0.25) is 0 Å². The SMILES string of the molecule is CNCCC(O)c1ccc(Cl)cc1N. The lowest BCUT2D eigenvalue weighted by Gasteiger charge is -2.13. The van der Waals surface area contributed by atoms with Crippen LogP contribution in [0, 0.1) is 0 Å².